The summed E-state index contributed by atoms with van der Waals surface area (Å²) >= 11 is 0. The highest BCUT2D eigenvalue weighted by Gasteiger charge is 2.12. The molecule has 0 heterocycles. The average molecular weight is 322 g/mol. The van der Waals surface area contributed by atoms with Crippen LogP contribution in [-0.4, -0.2) is 27.4 Å². The monoisotopic (exact) mass is 322 g/mol. The number of fused-ring (bicyclic) bond motifs is 1. The maximum absolute atomic E-state index is 12.2. The van der Waals surface area contributed by atoms with Crippen molar-refractivity contribution in [3.63, 3.8) is 0 Å². The molecule has 0 fully saturated rings. The van der Waals surface area contributed by atoms with Gasteiger partial charge in [0.1, 0.15) is 5.75 Å². The molecule has 0 aliphatic rings. The third-order valence-corrected chi connectivity index (χ3v) is 3.52. The lowest BCUT2D eigenvalue weighted by atomic mass is 10.1. The Balaban J connectivity index is 1.81. The van der Waals surface area contributed by atoms with E-state index in [9.17, 15) is 20.1 Å². The molecule has 0 radical (unpaired) electrons. The number of aromatic hydroxyl groups is 3. The predicted octanol–water partition coefficient (Wildman–Crippen LogP) is 2.72. The number of hydrogen-bond acceptors (Lipinski definition) is 5. The summed E-state index contributed by atoms with van der Waals surface area (Å²) in [6.07, 6.45) is 1.20. The van der Waals surface area contributed by atoms with E-state index in [1.807, 2.05) is 24.3 Å². The Morgan fingerprint density at radius 1 is 0.917 bits per heavy atom. The second-order valence-corrected chi connectivity index (χ2v) is 5.13. The summed E-state index contributed by atoms with van der Waals surface area (Å²) in [5, 5.41) is 34.4. The van der Waals surface area contributed by atoms with E-state index in [-0.39, 0.29) is 28.4 Å². The molecule has 3 aromatic rings. The fourth-order valence-electron chi connectivity index (χ4n) is 2.28. The average Bonchev–Trinajstić information content (AvgIpc) is 2.58. The van der Waals surface area contributed by atoms with Crippen LogP contribution in [0.2, 0.25) is 0 Å². The van der Waals surface area contributed by atoms with Crippen LogP contribution in [-0.2, 0) is 0 Å². The summed E-state index contributed by atoms with van der Waals surface area (Å²) in [6, 6.07) is 14.8. The predicted molar refractivity (Wildman–Crippen MR) is 90.4 cm³/mol. The van der Waals surface area contributed by atoms with Gasteiger partial charge in [0.2, 0.25) is 0 Å². The van der Waals surface area contributed by atoms with Crippen molar-refractivity contribution in [3.8, 4) is 17.2 Å². The summed E-state index contributed by atoms with van der Waals surface area (Å²) < 4.78 is 0. The molecule has 0 bridgehead atoms. The zero-order valence-electron chi connectivity index (χ0n) is 12.5. The van der Waals surface area contributed by atoms with Crippen molar-refractivity contribution in [2.24, 2.45) is 5.10 Å². The molecule has 0 spiro atoms. The number of hydrazone groups is 1. The Hall–Kier alpha value is -3.54. The highest BCUT2D eigenvalue weighted by molar-refractivity contribution is 6.01. The summed E-state index contributed by atoms with van der Waals surface area (Å²) in [5.74, 6) is -1.35. The van der Waals surface area contributed by atoms with Gasteiger partial charge in [-0.15, -0.1) is 0 Å². The van der Waals surface area contributed by atoms with Gasteiger partial charge in [-0.05, 0) is 35.0 Å². The fourth-order valence-corrected chi connectivity index (χ4v) is 2.28. The van der Waals surface area contributed by atoms with Gasteiger partial charge in [-0.25, -0.2) is 5.43 Å². The molecule has 6 nitrogen and oxygen atoms in total. The Bertz CT molecular complexity index is 951. The number of nitrogens with zero attached hydrogens (tertiary/aromatic N) is 1. The second-order valence-electron chi connectivity index (χ2n) is 5.13. The SMILES string of the molecule is O=C(N/N=C\c1cccc(O)c1O)c1cc2ccccc2cc1O. The number of rotatable bonds is 3. The van der Waals surface area contributed by atoms with E-state index in [1.165, 1.54) is 30.5 Å². The summed E-state index contributed by atoms with van der Waals surface area (Å²) in [5.41, 5.74) is 2.61. The summed E-state index contributed by atoms with van der Waals surface area (Å²) in [6.45, 7) is 0. The topological polar surface area (TPSA) is 102 Å². The zero-order chi connectivity index (χ0) is 17.1. The second kappa shape index (κ2) is 6.29. The van der Waals surface area contributed by atoms with Crippen molar-refractivity contribution in [1.29, 1.82) is 0 Å². The molecule has 0 saturated heterocycles. The first-order chi connectivity index (χ1) is 11.6. The minimum atomic E-state index is -0.589. The number of carbonyl (C=O) groups excluding carboxylic acids is 1. The molecular weight excluding hydrogens is 308 g/mol. The number of nitrogens with one attached hydrogen (secondary N) is 1. The van der Waals surface area contributed by atoms with Crippen LogP contribution >= 0.6 is 0 Å². The van der Waals surface area contributed by atoms with Crippen LogP contribution in [0.15, 0.2) is 59.7 Å². The Morgan fingerprint density at radius 2 is 1.62 bits per heavy atom. The number of phenols is 3. The highest BCUT2D eigenvalue weighted by atomic mass is 16.3. The van der Waals surface area contributed by atoms with Crippen molar-refractivity contribution in [1.82, 2.24) is 5.43 Å². The van der Waals surface area contributed by atoms with Gasteiger partial charge < -0.3 is 15.3 Å². The number of benzene rings is 3. The standard InChI is InChI=1S/C18H14N2O4/c21-15-7-3-6-13(17(15)23)10-19-20-18(24)14-8-11-4-1-2-5-12(11)9-16(14)22/h1-10,21-23H,(H,20,24)/b19-10-. The third kappa shape index (κ3) is 2.98. The number of para-hydroxylation sites is 1. The number of amides is 1. The maximum Gasteiger partial charge on any atom is 0.275 e. The maximum atomic E-state index is 12.2. The minimum absolute atomic E-state index is 0.0889. The number of phenolic OH excluding ortho intramolecular Hbond substituents is 3. The van der Waals surface area contributed by atoms with Gasteiger partial charge in [0, 0.05) is 5.56 Å². The van der Waals surface area contributed by atoms with Crippen LogP contribution < -0.4 is 5.43 Å². The molecule has 0 unspecified atom stereocenters. The van der Waals surface area contributed by atoms with Crippen molar-refractivity contribution < 1.29 is 20.1 Å². The first-order valence-electron chi connectivity index (χ1n) is 7.12. The molecule has 0 atom stereocenters. The molecule has 0 saturated carbocycles. The van der Waals surface area contributed by atoms with Gasteiger partial charge in [0.15, 0.2) is 11.5 Å². The van der Waals surface area contributed by atoms with Gasteiger partial charge >= 0.3 is 0 Å². The van der Waals surface area contributed by atoms with Crippen LogP contribution in [0.3, 0.4) is 0 Å². The molecule has 4 N–H and O–H groups in total. The smallest absolute Gasteiger partial charge is 0.275 e. The van der Waals surface area contributed by atoms with E-state index in [0.29, 0.717) is 0 Å². The molecule has 1 amide bonds. The quantitative estimate of drug-likeness (QED) is 0.338. The lowest BCUT2D eigenvalue weighted by Crippen LogP contribution is -2.17. The van der Waals surface area contributed by atoms with Crippen LogP contribution in [0.25, 0.3) is 10.8 Å². The third-order valence-electron chi connectivity index (χ3n) is 3.52. The van der Waals surface area contributed by atoms with Crippen LogP contribution in [0.4, 0.5) is 0 Å². The summed E-state index contributed by atoms with van der Waals surface area (Å²) in [4.78, 5) is 12.2. The Labute approximate surface area is 137 Å². The fraction of sp³-hybridized carbons (Fsp3) is 0. The van der Waals surface area contributed by atoms with E-state index < -0.39 is 5.91 Å². The van der Waals surface area contributed by atoms with Crippen molar-refractivity contribution in [3.05, 3.63) is 65.7 Å². The lowest BCUT2D eigenvalue weighted by molar-refractivity contribution is 0.0952. The Morgan fingerprint density at radius 3 is 2.38 bits per heavy atom. The van der Waals surface area contributed by atoms with Gasteiger partial charge in [-0.3, -0.25) is 4.79 Å². The van der Waals surface area contributed by atoms with Crippen molar-refractivity contribution >= 4 is 22.9 Å². The lowest BCUT2D eigenvalue weighted by Gasteiger charge is -2.06. The minimum Gasteiger partial charge on any atom is -0.507 e. The van der Waals surface area contributed by atoms with Gasteiger partial charge in [0.25, 0.3) is 5.91 Å². The molecule has 0 aliphatic carbocycles. The summed E-state index contributed by atoms with van der Waals surface area (Å²) in [7, 11) is 0. The molecule has 24 heavy (non-hydrogen) atoms. The zero-order valence-corrected chi connectivity index (χ0v) is 12.5. The van der Waals surface area contributed by atoms with E-state index in [0.717, 1.165) is 10.8 Å². The number of hydrogen-bond donors (Lipinski definition) is 4. The molecule has 120 valence electrons. The van der Waals surface area contributed by atoms with Crippen LogP contribution in [0, 0.1) is 0 Å². The van der Waals surface area contributed by atoms with E-state index >= 15 is 0 Å². The van der Waals surface area contributed by atoms with Crippen molar-refractivity contribution in [2.75, 3.05) is 0 Å². The van der Waals surface area contributed by atoms with E-state index in [4.69, 9.17) is 0 Å². The largest absolute Gasteiger partial charge is 0.507 e. The molecule has 3 aromatic carbocycles. The van der Waals surface area contributed by atoms with Gasteiger partial charge in [0.05, 0.1) is 11.8 Å². The first-order valence-corrected chi connectivity index (χ1v) is 7.12. The first kappa shape index (κ1) is 15.4. The molecular formula is C18H14N2O4. The van der Waals surface area contributed by atoms with E-state index in [2.05, 4.69) is 10.5 Å². The molecule has 0 aliphatic heterocycles. The molecule has 0 aromatic heterocycles. The normalized spacial score (nSPS) is 11.0. The number of carbonyl (C=O) groups is 1. The van der Waals surface area contributed by atoms with E-state index in [1.54, 1.807) is 6.07 Å². The molecule has 6 heteroatoms. The Kier molecular flexibility index (Phi) is 4.03. The van der Waals surface area contributed by atoms with Gasteiger partial charge in [-0.1, -0.05) is 30.3 Å². The van der Waals surface area contributed by atoms with Crippen LogP contribution in [0.5, 0.6) is 17.2 Å². The molecule has 3 rings (SSSR count). The van der Waals surface area contributed by atoms with Gasteiger partial charge in [-0.2, -0.15) is 5.10 Å². The van der Waals surface area contributed by atoms with Crippen molar-refractivity contribution in [2.45, 2.75) is 0 Å². The highest BCUT2D eigenvalue weighted by Crippen LogP contribution is 2.27. The van der Waals surface area contributed by atoms with Crippen LogP contribution in [0.1, 0.15) is 15.9 Å².